The first-order valence-electron chi connectivity index (χ1n) is 5.88. The highest BCUT2D eigenvalue weighted by Crippen LogP contribution is 2.21. The number of H-pyrrole nitrogens is 1. The molecule has 0 bridgehead atoms. The Morgan fingerprint density at radius 3 is 2.68 bits per heavy atom. The molecule has 0 radical (unpaired) electrons. The van der Waals surface area contributed by atoms with Gasteiger partial charge in [0, 0.05) is 18.4 Å². The van der Waals surface area contributed by atoms with E-state index in [-0.39, 0.29) is 18.5 Å². The van der Waals surface area contributed by atoms with Crippen LogP contribution in [-0.2, 0) is 0 Å². The second kappa shape index (κ2) is 5.34. The molecule has 6 heteroatoms. The van der Waals surface area contributed by atoms with E-state index in [9.17, 15) is 18.0 Å². The molecule has 0 aliphatic carbocycles. The van der Waals surface area contributed by atoms with E-state index in [0.717, 1.165) is 5.39 Å². The lowest BCUT2D eigenvalue weighted by molar-refractivity contribution is -0.134. The number of alkyl halides is 3. The van der Waals surface area contributed by atoms with Crippen LogP contribution in [0.4, 0.5) is 19.0 Å². The van der Waals surface area contributed by atoms with Gasteiger partial charge in [0.15, 0.2) is 0 Å². The monoisotopic (exact) mass is 270 g/mol. The summed E-state index contributed by atoms with van der Waals surface area (Å²) in [4.78, 5) is 14.3. The van der Waals surface area contributed by atoms with Crippen LogP contribution in [0.1, 0.15) is 12.8 Å². The first kappa shape index (κ1) is 13.5. The van der Waals surface area contributed by atoms with Gasteiger partial charge in [-0.1, -0.05) is 18.2 Å². The maximum Gasteiger partial charge on any atom is 0.389 e. The maximum atomic E-state index is 12.0. The molecule has 0 spiro atoms. The lowest BCUT2D eigenvalue weighted by atomic mass is 10.2. The van der Waals surface area contributed by atoms with Crippen LogP contribution < -0.4 is 10.9 Å². The Bertz CT molecular complexity index is 619. The summed E-state index contributed by atoms with van der Waals surface area (Å²) >= 11 is 0. The van der Waals surface area contributed by atoms with E-state index < -0.39 is 12.6 Å². The number of aromatic nitrogens is 1. The number of anilines is 1. The van der Waals surface area contributed by atoms with Crippen LogP contribution in [0.15, 0.2) is 35.1 Å². The molecule has 0 unspecified atom stereocenters. The number of hydrogen-bond donors (Lipinski definition) is 2. The fraction of sp³-hybridized carbons (Fsp3) is 0.308. The van der Waals surface area contributed by atoms with Crippen molar-refractivity contribution in [3.63, 3.8) is 0 Å². The van der Waals surface area contributed by atoms with Gasteiger partial charge in [0.05, 0.1) is 0 Å². The average molecular weight is 270 g/mol. The third-order valence-electron chi connectivity index (χ3n) is 2.71. The van der Waals surface area contributed by atoms with Crippen molar-refractivity contribution in [2.45, 2.75) is 19.0 Å². The highest BCUT2D eigenvalue weighted by molar-refractivity contribution is 5.83. The minimum atomic E-state index is -4.14. The number of halogens is 3. The van der Waals surface area contributed by atoms with Crippen LogP contribution in [-0.4, -0.2) is 17.7 Å². The van der Waals surface area contributed by atoms with Crippen LogP contribution >= 0.6 is 0 Å². The van der Waals surface area contributed by atoms with Crippen molar-refractivity contribution >= 4 is 16.6 Å². The lowest BCUT2D eigenvalue weighted by Crippen LogP contribution is -2.14. The molecule has 0 saturated heterocycles. The number of fused-ring (bicyclic) bond motifs is 1. The number of aromatic amines is 1. The molecule has 2 N–H and O–H groups in total. The predicted molar refractivity (Wildman–Crippen MR) is 68.3 cm³/mol. The van der Waals surface area contributed by atoms with Gasteiger partial charge in [-0.15, -0.1) is 0 Å². The SMILES string of the molecule is O=c1[nH]c(NCCCC(F)(F)F)cc2ccccc12. The number of rotatable bonds is 4. The third kappa shape index (κ3) is 3.74. The molecule has 0 aliphatic rings. The first-order chi connectivity index (χ1) is 8.96. The zero-order valence-corrected chi connectivity index (χ0v) is 10.1. The zero-order chi connectivity index (χ0) is 13.9. The summed E-state index contributed by atoms with van der Waals surface area (Å²) in [6.45, 7) is 0.161. The minimum Gasteiger partial charge on any atom is -0.372 e. The molecule has 102 valence electrons. The molecule has 2 aromatic rings. The molecule has 0 saturated carbocycles. The quantitative estimate of drug-likeness (QED) is 0.837. The fourth-order valence-electron chi connectivity index (χ4n) is 1.82. The van der Waals surface area contributed by atoms with Crippen molar-refractivity contribution in [1.82, 2.24) is 4.98 Å². The van der Waals surface area contributed by atoms with E-state index >= 15 is 0 Å². The van der Waals surface area contributed by atoms with Gasteiger partial charge in [-0.2, -0.15) is 13.2 Å². The molecule has 3 nitrogen and oxygen atoms in total. The van der Waals surface area contributed by atoms with Gasteiger partial charge in [-0.25, -0.2) is 0 Å². The summed E-state index contributed by atoms with van der Waals surface area (Å²) < 4.78 is 35.9. The Hall–Kier alpha value is -1.98. The van der Waals surface area contributed by atoms with Crippen LogP contribution in [0.2, 0.25) is 0 Å². The van der Waals surface area contributed by atoms with E-state index in [1.54, 1.807) is 30.3 Å². The summed E-state index contributed by atoms with van der Waals surface area (Å²) in [7, 11) is 0. The standard InChI is InChI=1S/C13H13F3N2O/c14-13(15,16)6-3-7-17-11-8-9-4-1-2-5-10(9)12(19)18-11/h1-2,4-5,8H,3,6-7H2,(H2,17,18,19). The summed E-state index contributed by atoms with van der Waals surface area (Å²) in [6, 6.07) is 8.75. The van der Waals surface area contributed by atoms with Crippen molar-refractivity contribution in [2.24, 2.45) is 0 Å². The zero-order valence-electron chi connectivity index (χ0n) is 10.1. The van der Waals surface area contributed by atoms with Crippen LogP contribution in [0, 0.1) is 0 Å². The van der Waals surface area contributed by atoms with E-state index in [1.807, 2.05) is 0 Å². The van der Waals surface area contributed by atoms with Crippen molar-refractivity contribution in [1.29, 1.82) is 0 Å². The van der Waals surface area contributed by atoms with Crippen LogP contribution in [0.25, 0.3) is 10.8 Å². The fourth-order valence-corrected chi connectivity index (χ4v) is 1.82. The smallest absolute Gasteiger partial charge is 0.372 e. The average Bonchev–Trinajstić information content (AvgIpc) is 2.34. The van der Waals surface area contributed by atoms with Gasteiger partial charge >= 0.3 is 6.18 Å². The third-order valence-corrected chi connectivity index (χ3v) is 2.71. The van der Waals surface area contributed by atoms with E-state index in [0.29, 0.717) is 11.2 Å². The largest absolute Gasteiger partial charge is 0.389 e. The Morgan fingerprint density at radius 2 is 1.95 bits per heavy atom. The molecule has 0 fully saturated rings. The number of pyridine rings is 1. The van der Waals surface area contributed by atoms with E-state index in [2.05, 4.69) is 10.3 Å². The second-order valence-electron chi connectivity index (χ2n) is 4.24. The van der Waals surface area contributed by atoms with Gasteiger partial charge in [-0.3, -0.25) is 4.79 Å². The molecule has 0 amide bonds. The molecule has 0 atom stereocenters. The van der Waals surface area contributed by atoms with Crippen molar-refractivity contribution in [3.8, 4) is 0 Å². The highest BCUT2D eigenvalue weighted by atomic mass is 19.4. The van der Waals surface area contributed by atoms with Gasteiger partial charge < -0.3 is 10.3 Å². The van der Waals surface area contributed by atoms with Crippen molar-refractivity contribution in [3.05, 3.63) is 40.7 Å². The molecule has 1 aromatic heterocycles. The maximum absolute atomic E-state index is 12.0. The van der Waals surface area contributed by atoms with E-state index in [4.69, 9.17) is 0 Å². The Morgan fingerprint density at radius 1 is 1.21 bits per heavy atom. The van der Waals surface area contributed by atoms with Gasteiger partial charge in [0.2, 0.25) is 0 Å². The molecule has 0 aliphatic heterocycles. The number of hydrogen-bond acceptors (Lipinski definition) is 2. The van der Waals surface area contributed by atoms with Crippen molar-refractivity contribution in [2.75, 3.05) is 11.9 Å². The van der Waals surface area contributed by atoms with Gasteiger partial charge in [-0.05, 0) is 23.9 Å². The summed E-state index contributed by atoms with van der Waals surface area (Å²) in [5.74, 6) is 0.436. The Balaban J connectivity index is 2.04. The first-order valence-corrected chi connectivity index (χ1v) is 5.88. The summed E-state index contributed by atoms with van der Waals surface area (Å²) in [6.07, 6.45) is -5.01. The highest BCUT2D eigenvalue weighted by Gasteiger charge is 2.25. The molecule has 1 aromatic carbocycles. The Labute approximate surface area is 107 Å². The molecular formula is C13H13F3N2O. The molecule has 1 heterocycles. The number of nitrogens with one attached hydrogen (secondary N) is 2. The number of benzene rings is 1. The lowest BCUT2D eigenvalue weighted by Gasteiger charge is -2.09. The van der Waals surface area contributed by atoms with Crippen LogP contribution in [0.3, 0.4) is 0 Å². The summed E-state index contributed by atoms with van der Waals surface area (Å²) in [5, 5.41) is 4.11. The summed E-state index contributed by atoms with van der Waals surface area (Å²) in [5.41, 5.74) is -0.253. The van der Waals surface area contributed by atoms with Gasteiger partial charge in [0.1, 0.15) is 5.82 Å². The van der Waals surface area contributed by atoms with Gasteiger partial charge in [0.25, 0.3) is 5.56 Å². The van der Waals surface area contributed by atoms with Crippen LogP contribution in [0.5, 0.6) is 0 Å². The normalized spacial score (nSPS) is 11.7. The molecule has 2 rings (SSSR count). The molecular weight excluding hydrogens is 257 g/mol. The minimum absolute atomic E-state index is 0.0294. The van der Waals surface area contributed by atoms with Crippen molar-refractivity contribution < 1.29 is 13.2 Å². The van der Waals surface area contributed by atoms with E-state index in [1.165, 1.54) is 0 Å². The second-order valence-corrected chi connectivity index (χ2v) is 4.24. The predicted octanol–water partition coefficient (Wildman–Crippen LogP) is 3.28. The molecule has 19 heavy (non-hydrogen) atoms. The topological polar surface area (TPSA) is 44.9 Å². The Kier molecular flexibility index (Phi) is 3.78.